The molecule has 0 spiro atoms. The topological polar surface area (TPSA) is 29.9 Å². The van der Waals surface area contributed by atoms with Crippen molar-refractivity contribution >= 4 is 22.6 Å². The minimum absolute atomic E-state index is 0.426. The van der Waals surface area contributed by atoms with Crippen LogP contribution in [0.3, 0.4) is 0 Å². The first kappa shape index (κ1) is 13.6. The molecule has 3 nitrogen and oxygen atoms in total. The van der Waals surface area contributed by atoms with Gasteiger partial charge in [0.05, 0.1) is 17.1 Å². The summed E-state index contributed by atoms with van der Waals surface area (Å²) in [6, 6.07) is 6.51. The van der Waals surface area contributed by atoms with Crippen LogP contribution in [0.5, 0.6) is 0 Å². The Hall–Kier alpha value is -1.06. The van der Waals surface area contributed by atoms with Crippen LogP contribution in [0.15, 0.2) is 18.2 Å². The molecule has 4 rings (SSSR count). The molecule has 3 unspecified atom stereocenters. The fourth-order valence-electron chi connectivity index (χ4n) is 4.29. The van der Waals surface area contributed by atoms with E-state index in [0.29, 0.717) is 6.04 Å². The van der Waals surface area contributed by atoms with E-state index >= 15 is 0 Å². The van der Waals surface area contributed by atoms with Crippen LogP contribution in [0.1, 0.15) is 44.5 Å². The Morgan fingerprint density at radius 2 is 2.29 bits per heavy atom. The van der Waals surface area contributed by atoms with Gasteiger partial charge in [0.2, 0.25) is 0 Å². The number of nitrogens with one attached hydrogen (secondary N) is 1. The van der Waals surface area contributed by atoms with Crippen molar-refractivity contribution < 1.29 is 0 Å². The second-order valence-corrected chi connectivity index (χ2v) is 6.93. The van der Waals surface area contributed by atoms with Crippen molar-refractivity contribution in [1.82, 2.24) is 14.9 Å². The highest BCUT2D eigenvalue weighted by Gasteiger charge is 2.41. The summed E-state index contributed by atoms with van der Waals surface area (Å²) in [5.74, 6) is 2.85. The van der Waals surface area contributed by atoms with E-state index in [1.165, 1.54) is 30.6 Å². The maximum absolute atomic E-state index is 6.14. The number of hydrogen-bond acceptors (Lipinski definition) is 2. The molecule has 2 aromatic rings. The Morgan fingerprint density at radius 1 is 1.38 bits per heavy atom. The standard InChI is InChI=1S/C17H22ClN3/c1-2-8-21-15-7-6-12(18)9-14(15)20-17(21)16-13-5-3-4-11(13)10-19-16/h6-7,9,11,13,16,19H,2-5,8,10H2,1H3. The zero-order valence-electron chi connectivity index (χ0n) is 12.5. The Morgan fingerprint density at radius 3 is 3.14 bits per heavy atom. The van der Waals surface area contributed by atoms with E-state index in [9.17, 15) is 0 Å². The predicted octanol–water partition coefficient (Wildman–Crippen LogP) is 4.16. The molecular weight excluding hydrogens is 282 g/mol. The third kappa shape index (κ3) is 2.18. The van der Waals surface area contributed by atoms with E-state index in [-0.39, 0.29) is 0 Å². The van der Waals surface area contributed by atoms with Crippen LogP contribution in [0, 0.1) is 11.8 Å². The summed E-state index contributed by atoms with van der Waals surface area (Å²) in [7, 11) is 0. The summed E-state index contributed by atoms with van der Waals surface area (Å²) in [4.78, 5) is 4.95. The van der Waals surface area contributed by atoms with Crippen LogP contribution >= 0.6 is 11.6 Å². The van der Waals surface area contributed by atoms with Gasteiger partial charge in [-0.2, -0.15) is 0 Å². The van der Waals surface area contributed by atoms with Crippen LogP contribution < -0.4 is 5.32 Å². The first-order valence-electron chi connectivity index (χ1n) is 8.17. The van der Waals surface area contributed by atoms with Gasteiger partial charge in [0.1, 0.15) is 5.82 Å². The molecule has 3 atom stereocenters. The fourth-order valence-corrected chi connectivity index (χ4v) is 4.45. The van der Waals surface area contributed by atoms with E-state index in [2.05, 4.69) is 22.9 Å². The van der Waals surface area contributed by atoms with E-state index < -0.39 is 0 Å². The van der Waals surface area contributed by atoms with Gasteiger partial charge in [0, 0.05) is 11.6 Å². The lowest BCUT2D eigenvalue weighted by Crippen LogP contribution is -2.22. The predicted molar refractivity (Wildman–Crippen MR) is 86.6 cm³/mol. The Bertz CT molecular complexity index is 663. The largest absolute Gasteiger partial charge is 0.327 e. The number of aryl methyl sites for hydroxylation is 1. The molecule has 4 heteroatoms. The average Bonchev–Trinajstić information content (AvgIpc) is 3.13. The Labute approximate surface area is 130 Å². The number of hydrogen-bond donors (Lipinski definition) is 1. The summed E-state index contributed by atoms with van der Waals surface area (Å²) in [6.07, 6.45) is 5.24. The Balaban J connectivity index is 1.81. The van der Waals surface area contributed by atoms with Gasteiger partial charge in [-0.05, 0) is 55.8 Å². The summed E-state index contributed by atoms with van der Waals surface area (Å²) < 4.78 is 2.41. The van der Waals surface area contributed by atoms with E-state index in [4.69, 9.17) is 16.6 Å². The van der Waals surface area contributed by atoms with Gasteiger partial charge in [-0.15, -0.1) is 0 Å². The summed E-state index contributed by atoms with van der Waals surface area (Å²) in [5.41, 5.74) is 2.26. The molecule has 2 aliphatic rings. The van der Waals surface area contributed by atoms with E-state index in [0.717, 1.165) is 41.9 Å². The minimum Gasteiger partial charge on any atom is -0.327 e. The summed E-state index contributed by atoms with van der Waals surface area (Å²) >= 11 is 6.14. The van der Waals surface area contributed by atoms with Crippen LogP contribution in [0.25, 0.3) is 11.0 Å². The molecule has 1 aromatic carbocycles. The second kappa shape index (κ2) is 5.29. The lowest BCUT2D eigenvalue weighted by atomic mass is 9.93. The molecule has 2 heterocycles. The molecule has 1 saturated heterocycles. The normalized spacial score (nSPS) is 28.4. The van der Waals surface area contributed by atoms with Crippen molar-refractivity contribution in [3.05, 3.63) is 29.0 Å². The zero-order chi connectivity index (χ0) is 14.4. The molecule has 1 aliphatic carbocycles. The number of benzene rings is 1. The first-order valence-corrected chi connectivity index (χ1v) is 8.55. The maximum Gasteiger partial charge on any atom is 0.127 e. The van der Waals surface area contributed by atoms with Gasteiger partial charge in [-0.3, -0.25) is 0 Å². The molecule has 1 aromatic heterocycles. The van der Waals surface area contributed by atoms with Crippen molar-refractivity contribution in [3.8, 4) is 0 Å². The number of halogens is 1. The molecule has 112 valence electrons. The van der Waals surface area contributed by atoms with E-state index in [1.807, 2.05) is 12.1 Å². The van der Waals surface area contributed by atoms with Crippen LogP contribution in [0.2, 0.25) is 5.02 Å². The lowest BCUT2D eigenvalue weighted by Gasteiger charge is -2.19. The lowest BCUT2D eigenvalue weighted by molar-refractivity contribution is 0.397. The highest BCUT2D eigenvalue weighted by Crippen LogP contribution is 2.44. The highest BCUT2D eigenvalue weighted by atomic mass is 35.5. The number of rotatable bonds is 3. The smallest absolute Gasteiger partial charge is 0.127 e. The molecule has 1 N–H and O–H groups in total. The quantitative estimate of drug-likeness (QED) is 0.922. The third-order valence-corrected chi connectivity index (χ3v) is 5.45. The van der Waals surface area contributed by atoms with Gasteiger partial charge in [-0.1, -0.05) is 24.9 Å². The van der Waals surface area contributed by atoms with Gasteiger partial charge < -0.3 is 9.88 Å². The minimum atomic E-state index is 0.426. The van der Waals surface area contributed by atoms with Crippen molar-refractivity contribution in [2.24, 2.45) is 11.8 Å². The number of aromatic nitrogens is 2. The van der Waals surface area contributed by atoms with Gasteiger partial charge >= 0.3 is 0 Å². The van der Waals surface area contributed by atoms with Crippen molar-refractivity contribution in [3.63, 3.8) is 0 Å². The highest BCUT2D eigenvalue weighted by molar-refractivity contribution is 6.31. The van der Waals surface area contributed by atoms with Crippen LogP contribution in [0.4, 0.5) is 0 Å². The molecule has 0 radical (unpaired) electrons. The zero-order valence-corrected chi connectivity index (χ0v) is 13.2. The van der Waals surface area contributed by atoms with Crippen LogP contribution in [-0.2, 0) is 6.54 Å². The fraction of sp³-hybridized carbons (Fsp3) is 0.588. The molecule has 0 bridgehead atoms. The van der Waals surface area contributed by atoms with Gasteiger partial charge in [0.25, 0.3) is 0 Å². The van der Waals surface area contributed by atoms with Gasteiger partial charge in [-0.25, -0.2) is 4.98 Å². The maximum atomic E-state index is 6.14. The molecule has 21 heavy (non-hydrogen) atoms. The first-order chi connectivity index (χ1) is 10.3. The average molecular weight is 304 g/mol. The summed E-state index contributed by atoms with van der Waals surface area (Å²) in [5, 5.41) is 4.50. The number of imidazole rings is 1. The van der Waals surface area contributed by atoms with Crippen molar-refractivity contribution in [1.29, 1.82) is 0 Å². The third-order valence-electron chi connectivity index (χ3n) is 5.21. The summed E-state index contributed by atoms with van der Waals surface area (Å²) in [6.45, 7) is 4.42. The van der Waals surface area contributed by atoms with Gasteiger partial charge in [0.15, 0.2) is 0 Å². The monoisotopic (exact) mass is 303 g/mol. The van der Waals surface area contributed by atoms with Crippen LogP contribution in [-0.4, -0.2) is 16.1 Å². The molecule has 0 amide bonds. The number of nitrogens with zero attached hydrogens (tertiary/aromatic N) is 2. The molecule has 1 saturated carbocycles. The Kier molecular flexibility index (Phi) is 3.43. The number of fused-ring (bicyclic) bond motifs is 2. The molecular formula is C17H22ClN3. The van der Waals surface area contributed by atoms with E-state index in [1.54, 1.807) is 0 Å². The van der Waals surface area contributed by atoms with Crippen molar-refractivity contribution in [2.45, 2.75) is 45.2 Å². The van der Waals surface area contributed by atoms with Crippen molar-refractivity contribution in [2.75, 3.05) is 6.54 Å². The second-order valence-electron chi connectivity index (χ2n) is 6.50. The molecule has 1 aliphatic heterocycles. The molecule has 2 fully saturated rings. The SMILES string of the molecule is CCCn1c(C2NCC3CCCC32)nc2cc(Cl)ccc21.